The lowest BCUT2D eigenvalue weighted by Crippen LogP contribution is -2.43. The first-order valence-electron chi connectivity index (χ1n) is 8.27. The molecule has 1 fully saturated rings. The van der Waals surface area contributed by atoms with Crippen molar-refractivity contribution in [3.8, 4) is 0 Å². The molecule has 2 aromatic rings. The van der Waals surface area contributed by atoms with Crippen LogP contribution in [0.2, 0.25) is 0 Å². The summed E-state index contributed by atoms with van der Waals surface area (Å²) in [6.07, 6.45) is 4.48. The van der Waals surface area contributed by atoms with Gasteiger partial charge in [0.1, 0.15) is 0 Å². The van der Waals surface area contributed by atoms with Gasteiger partial charge < -0.3 is 10.4 Å². The third-order valence-corrected chi connectivity index (χ3v) is 4.79. The summed E-state index contributed by atoms with van der Waals surface area (Å²) in [7, 11) is 0. The second-order valence-corrected chi connectivity index (χ2v) is 6.42. The summed E-state index contributed by atoms with van der Waals surface area (Å²) < 4.78 is 0. The number of carbonyl (C=O) groups is 1. The highest BCUT2D eigenvalue weighted by atomic mass is 16.2. The Bertz CT molecular complexity index is 645. The lowest BCUT2D eigenvalue weighted by Gasteiger charge is -2.40. The number of benzene rings is 2. The number of amides is 1. The van der Waals surface area contributed by atoms with Gasteiger partial charge in [0.05, 0.1) is 5.41 Å². The van der Waals surface area contributed by atoms with Crippen molar-refractivity contribution in [3.63, 3.8) is 0 Å². The van der Waals surface area contributed by atoms with Gasteiger partial charge in [-0.05, 0) is 48.9 Å². The molecule has 0 aliphatic heterocycles. The summed E-state index contributed by atoms with van der Waals surface area (Å²) >= 11 is 0. The van der Waals surface area contributed by atoms with E-state index in [0.29, 0.717) is 6.42 Å². The molecule has 0 saturated heterocycles. The third kappa shape index (κ3) is 3.62. The smallest absolute Gasteiger partial charge is 0.230 e. The number of aliphatic hydroxyl groups excluding tert-OH is 1. The fraction of sp³-hybridized carbons (Fsp3) is 0.350. The summed E-state index contributed by atoms with van der Waals surface area (Å²) in [5.74, 6) is 0.127. The Hall–Kier alpha value is -2.13. The molecule has 0 spiro atoms. The summed E-state index contributed by atoms with van der Waals surface area (Å²) in [4.78, 5) is 12.8. The Morgan fingerprint density at radius 1 is 1.00 bits per heavy atom. The molecule has 1 saturated carbocycles. The number of anilines is 1. The number of carbonyl (C=O) groups excluding carboxylic acids is 1. The molecule has 0 unspecified atom stereocenters. The molecule has 0 aromatic heterocycles. The van der Waals surface area contributed by atoms with Crippen molar-refractivity contribution in [1.82, 2.24) is 0 Å². The average Bonchev–Trinajstić information content (AvgIpc) is 2.54. The Morgan fingerprint density at radius 2 is 1.70 bits per heavy atom. The molecule has 1 aliphatic carbocycles. The van der Waals surface area contributed by atoms with Crippen LogP contribution >= 0.6 is 0 Å². The molecule has 23 heavy (non-hydrogen) atoms. The van der Waals surface area contributed by atoms with Crippen molar-refractivity contribution in [3.05, 3.63) is 65.7 Å². The summed E-state index contributed by atoms with van der Waals surface area (Å²) in [6, 6.07) is 18.0. The first kappa shape index (κ1) is 15.8. The van der Waals surface area contributed by atoms with E-state index >= 15 is 0 Å². The molecule has 1 aliphatic rings. The summed E-state index contributed by atoms with van der Waals surface area (Å²) in [5.41, 5.74) is 2.87. The first-order chi connectivity index (χ1) is 11.2. The molecule has 0 bridgehead atoms. The van der Waals surface area contributed by atoms with Crippen molar-refractivity contribution in [2.24, 2.45) is 5.41 Å². The number of hydrogen-bond acceptors (Lipinski definition) is 2. The minimum Gasteiger partial charge on any atom is -0.396 e. The van der Waals surface area contributed by atoms with Crippen LogP contribution in [0.1, 0.15) is 30.4 Å². The lowest BCUT2D eigenvalue weighted by atomic mass is 9.64. The van der Waals surface area contributed by atoms with Crippen LogP contribution in [0.25, 0.3) is 0 Å². The molecule has 0 radical (unpaired) electrons. The topological polar surface area (TPSA) is 49.3 Å². The van der Waals surface area contributed by atoms with Crippen LogP contribution in [0.15, 0.2) is 54.6 Å². The van der Waals surface area contributed by atoms with E-state index in [1.807, 2.05) is 42.5 Å². The lowest BCUT2D eigenvalue weighted by molar-refractivity contribution is -0.130. The minimum atomic E-state index is -0.259. The fourth-order valence-electron chi connectivity index (χ4n) is 3.22. The van der Waals surface area contributed by atoms with Crippen LogP contribution in [-0.4, -0.2) is 17.6 Å². The van der Waals surface area contributed by atoms with E-state index in [-0.39, 0.29) is 17.9 Å². The van der Waals surface area contributed by atoms with E-state index < -0.39 is 0 Å². The molecule has 120 valence electrons. The zero-order chi connectivity index (χ0) is 16.1. The van der Waals surface area contributed by atoms with Gasteiger partial charge in [-0.15, -0.1) is 0 Å². The molecule has 0 atom stereocenters. The van der Waals surface area contributed by atoms with Gasteiger partial charge in [0.25, 0.3) is 0 Å². The Balaban J connectivity index is 1.68. The molecule has 3 nitrogen and oxygen atoms in total. The maximum absolute atomic E-state index is 12.8. The van der Waals surface area contributed by atoms with E-state index in [0.717, 1.165) is 36.9 Å². The molecule has 3 heteroatoms. The zero-order valence-electron chi connectivity index (χ0n) is 13.3. The van der Waals surface area contributed by atoms with Gasteiger partial charge in [0, 0.05) is 12.3 Å². The quantitative estimate of drug-likeness (QED) is 0.857. The summed E-state index contributed by atoms with van der Waals surface area (Å²) in [5, 5.41) is 12.0. The zero-order valence-corrected chi connectivity index (χ0v) is 13.3. The van der Waals surface area contributed by atoms with E-state index in [1.54, 1.807) is 0 Å². The Morgan fingerprint density at radius 3 is 2.26 bits per heavy atom. The third-order valence-electron chi connectivity index (χ3n) is 4.79. The highest BCUT2D eigenvalue weighted by Crippen LogP contribution is 2.44. The van der Waals surface area contributed by atoms with E-state index in [4.69, 9.17) is 5.11 Å². The van der Waals surface area contributed by atoms with Gasteiger partial charge in [0.2, 0.25) is 5.91 Å². The monoisotopic (exact) mass is 309 g/mol. The van der Waals surface area contributed by atoms with E-state index in [2.05, 4.69) is 17.4 Å². The van der Waals surface area contributed by atoms with Crippen molar-refractivity contribution >= 4 is 11.6 Å². The van der Waals surface area contributed by atoms with Crippen LogP contribution in [0.5, 0.6) is 0 Å². The summed E-state index contributed by atoms with van der Waals surface area (Å²) in [6.45, 7) is 0.145. The molecule has 0 heterocycles. The number of hydrogen-bond donors (Lipinski definition) is 2. The predicted molar refractivity (Wildman–Crippen MR) is 92.3 cm³/mol. The van der Waals surface area contributed by atoms with Crippen LogP contribution in [-0.2, 0) is 17.6 Å². The van der Waals surface area contributed by atoms with Crippen LogP contribution in [0.4, 0.5) is 5.69 Å². The largest absolute Gasteiger partial charge is 0.396 e. The van der Waals surface area contributed by atoms with Crippen molar-refractivity contribution in [2.75, 3.05) is 11.9 Å². The molecular weight excluding hydrogens is 286 g/mol. The van der Waals surface area contributed by atoms with Gasteiger partial charge in [-0.25, -0.2) is 0 Å². The molecular formula is C20H23NO2. The highest BCUT2D eigenvalue weighted by molar-refractivity contribution is 5.96. The molecule has 2 aromatic carbocycles. The van der Waals surface area contributed by atoms with E-state index in [1.165, 1.54) is 5.56 Å². The standard InChI is InChI=1S/C20H23NO2/c22-14-11-16-7-9-18(10-8-16)21-19(23)20(12-4-13-20)15-17-5-2-1-3-6-17/h1-3,5-10,22H,4,11-15H2,(H,21,23). The average molecular weight is 309 g/mol. The molecule has 2 N–H and O–H groups in total. The van der Waals surface area contributed by atoms with Gasteiger partial charge in [-0.1, -0.05) is 48.9 Å². The fourth-order valence-corrected chi connectivity index (χ4v) is 3.22. The van der Waals surface area contributed by atoms with Gasteiger partial charge in [-0.3, -0.25) is 4.79 Å². The second kappa shape index (κ2) is 6.97. The van der Waals surface area contributed by atoms with Crippen molar-refractivity contribution < 1.29 is 9.90 Å². The predicted octanol–water partition coefficient (Wildman–Crippen LogP) is 3.57. The number of nitrogens with one attached hydrogen (secondary N) is 1. The highest BCUT2D eigenvalue weighted by Gasteiger charge is 2.43. The van der Waals surface area contributed by atoms with Gasteiger partial charge >= 0.3 is 0 Å². The second-order valence-electron chi connectivity index (χ2n) is 6.42. The number of rotatable bonds is 6. The van der Waals surface area contributed by atoms with Gasteiger partial charge in [0.15, 0.2) is 0 Å². The maximum atomic E-state index is 12.8. The normalized spacial score (nSPS) is 15.7. The van der Waals surface area contributed by atoms with E-state index in [9.17, 15) is 4.79 Å². The minimum absolute atomic E-state index is 0.127. The maximum Gasteiger partial charge on any atom is 0.230 e. The Labute approximate surface area is 137 Å². The SMILES string of the molecule is O=C(Nc1ccc(CCO)cc1)C1(Cc2ccccc2)CCC1. The van der Waals surface area contributed by atoms with Crippen molar-refractivity contribution in [2.45, 2.75) is 32.1 Å². The molecule has 3 rings (SSSR count). The number of aliphatic hydroxyl groups is 1. The van der Waals surface area contributed by atoms with Crippen molar-refractivity contribution in [1.29, 1.82) is 0 Å². The van der Waals surface area contributed by atoms with Crippen LogP contribution < -0.4 is 5.32 Å². The Kier molecular flexibility index (Phi) is 4.77. The van der Waals surface area contributed by atoms with Gasteiger partial charge in [-0.2, -0.15) is 0 Å². The first-order valence-corrected chi connectivity index (χ1v) is 8.27. The van der Waals surface area contributed by atoms with Crippen LogP contribution in [0, 0.1) is 5.41 Å². The molecule has 1 amide bonds. The van der Waals surface area contributed by atoms with Crippen LogP contribution in [0.3, 0.4) is 0 Å².